The van der Waals surface area contributed by atoms with Gasteiger partial charge in [0.15, 0.2) is 34.7 Å². The number of phenols is 1. The van der Waals surface area contributed by atoms with Crippen molar-refractivity contribution in [3.8, 4) is 5.75 Å². The smallest absolute Gasteiger partial charge is 0.235 e. The largest absolute Gasteiger partial charge is 0.507 e. The maximum Gasteiger partial charge on any atom is 0.235 e. The fourth-order valence-corrected chi connectivity index (χ4v) is 6.48. The molecule has 2 amide bonds. The van der Waals surface area contributed by atoms with E-state index in [-0.39, 0.29) is 36.6 Å². The topological polar surface area (TPSA) is 184 Å². The Bertz CT molecular complexity index is 1250. The Balaban J connectivity index is 1.86. The van der Waals surface area contributed by atoms with Gasteiger partial charge in [-0.3, -0.25) is 33.7 Å². The number of primary amides is 1. The molecule has 11 heteroatoms. The van der Waals surface area contributed by atoms with Crippen molar-refractivity contribution in [1.82, 2.24) is 10.2 Å². The highest BCUT2D eigenvalue weighted by molar-refractivity contribution is 6.32. The summed E-state index contributed by atoms with van der Waals surface area (Å²) < 4.78 is 0. The van der Waals surface area contributed by atoms with Crippen LogP contribution < -0.4 is 11.1 Å². The van der Waals surface area contributed by atoms with E-state index in [1.165, 1.54) is 11.8 Å². The molecule has 0 aromatic heterocycles. The Labute approximate surface area is 213 Å². The van der Waals surface area contributed by atoms with Crippen LogP contribution in [0.1, 0.15) is 47.3 Å². The minimum absolute atomic E-state index is 0.00144. The van der Waals surface area contributed by atoms with Gasteiger partial charge in [-0.2, -0.15) is 0 Å². The number of nitrogens with zero attached hydrogens (tertiary/aromatic N) is 1. The number of aliphatic hydroxyl groups is 1. The van der Waals surface area contributed by atoms with Gasteiger partial charge in [0, 0.05) is 24.9 Å². The zero-order valence-corrected chi connectivity index (χ0v) is 21.2. The van der Waals surface area contributed by atoms with Gasteiger partial charge in [-0.05, 0) is 50.4 Å². The summed E-state index contributed by atoms with van der Waals surface area (Å²) in [5.41, 5.74) is 4.15. The first-order valence-electron chi connectivity index (χ1n) is 12.2. The zero-order valence-electron chi connectivity index (χ0n) is 21.2. The maximum absolute atomic E-state index is 13.8. The molecular weight excluding hydrogens is 482 g/mol. The Morgan fingerprint density at radius 1 is 1.16 bits per heavy atom. The molecule has 11 nitrogen and oxygen atoms in total. The average Bonchev–Trinajstić information content (AvgIpc) is 2.80. The molecule has 0 spiro atoms. The number of aromatic hydroxyl groups is 1. The van der Waals surface area contributed by atoms with Gasteiger partial charge in [-0.15, -0.1) is 0 Å². The van der Waals surface area contributed by atoms with Crippen molar-refractivity contribution in [2.45, 2.75) is 51.3 Å². The van der Waals surface area contributed by atoms with E-state index in [0.717, 1.165) is 5.56 Å². The number of ketones is 4. The minimum atomic E-state index is -2.76. The molecule has 0 saturated heterocycles. The van der Waals surface area contributed by atoms with Crippen molar-refractivity contribution in [1.29, 1.82) is 0 Å². The number of nitrogens with two attached hydrogens (primary N) is 1. The van der Waals surface area contributed by atoms with E-state index in [2.05, 4.69) is 5.32 Å². The van der Waals surface area contributed by atoms with Gasteiger partial charge < -0.3 is 21.3 Å². The molecule has 6 atom stereocenters. The Morgan fingerprint density at radius 2 is 1.81 bits per heavy atom. The van der Waals surface area contributed by atoms with Crippen LogP contribution in [0.25, 0.3) is 0 Å². The number of Topliss-reactive ketones (excluding diaryl/α,β-unsaturated/α-hetero) is 4. The number of carbonyl (C=O) groups excluding carboxylic acids is 6. The van der Waals surface area contributed by atoms with Crippen molar-refractivity contribution in [3.05, 3.63) is 28.3 Å². The lowest BCUT2D eigenvalue weighted by Gasteiger charge is -2.52. The first-order valence-corrected chi connectivity index (χ1v) is 12.2. The summed E-state index contributed by atoms with van der Waals surface area (Å²) >= 11 is 0. The van der Waals surface area contributed by atoms with Crippen molar-refractivity contribution < 1.29 is 39.0 Å². The van der Waals surface area contributed by atoms with Crippen LogP contribution in [-0.4, -0.2) is 75.8 Å². The van der Waals surface area contributed by atoms with E-state index in [1.54, 1.807) is 20.2 Å². The number of aryl methyl sites for hydroxylation is 1. The van der Waals surface area contributed by atoms with Crippen LogP contribution in [0, 0.1) is 23.7 Å². The van der Waals surface area contributed by atoms with Gasteiger partial charge in [-0.25, -0.2) is 0 Å². The van der Waals surface area contributed by atoms with Crippen molar-refractivity contribution in [3.63, 3.8) is 0 Å². The number of carbonyl (C=O) groups is 6. The predicted molar refractivity (Wildman–Crippen MR) is 128 cm³/mol. The fraction of sp³-hybridized carbons (Fsp3) is 0.538. The van der Waals surface area contributed by atoms with E-state index in [1.807, 2.05) is 6.92 Å². The highest BCUT2D eigenvalue weighted by Crippen LogP contribution is 2.51. The first kappa shape index (κ1) is 26.6. The Hall–Kier alpha value is -3.44. The molecule has 1 aromatic carbocycles. The van der Waals surface area contributed by atoms with E-state index in [9.17, 15) is 39.0 Å². The summed E-state index contributed by atoms with van der Waals surface area (Å²) in [6.07, 6.45) is 0.726. The molecular formula is C26H31N3O8. The number of phenolic OH excluding ortho intramolecular Hbond substituents is 1. The predicted octanol–water partition coefficient (Wildman–Crippen LogP) is -0.934. The lowest BCUT2D eigenvalue weighted by atomic mass is 9.52. The van der Waals surface area contributed by atoms with Crippen LogP contribution >= 0.6 is 0 Å². The van der Waals surface area contributed by atoms with Crippen molar-refractivity contribution in [2.75, 3.05) is 14.1 Å². The molecule has 0 aliphatic heterocycles. The van der Waals surface area contributed by atoms with E-state index < -0.39 is 64.4 Å². The van der Waals surface area contributed by atoms with Crippen LogP contribution in [0.4, 0.5) is 0 Å². The van der Waals surface area contributed by atoms with Gasteiger partial charge in [0.25, 0.3) is 0 Å². The van der Waals surface area contributed by atoms with Crippen molar-refractivity contribution >= 4 is 34.9 Å². The number of nitrogens with one attached hydrogen (secondary N) is 1. The average molecular weight is 514 g/mol. The molecule has 37 heavy (non-hydrogen) atoms. The lowest BCUT2D eigenvalue weighted by Crippen LogP contribution is -2.74. The summed E-state index contributed by atoms with van der Waals surface area (Å²) in [5, 5.41) is 25.2. The molecule has 0 radical (unpaired) electrons. The summed E-state index contributed by atoms with van der Waals surface area (Å²) in [6, 6.07) is 0.576. The highest BCUT2D eigenvalue weighted by Gasteiger charge is 2.69. The van der Waals surface area contributed by atoms with E-state index in [0.29, 0.717) is 17.5 Å². The summed E-state index contributed by atoms with van der Waals surface area (Å²) in [5.74, 6) is -11.1. The molecule has 3 aliphatic carbocycles. The van der Waals surface area contributed by atoms with E-state index in [4.69, 9.17) is 5.73 Å². The van der Waals surface area contributed by atoms with Gasteiger partial charge in [0.05, 0.1) is 17.5 Å². The summed E-state index contributed by atoms with van der Waals surface area (Å²) in [4.78, 5) is 79.0. The third kappa shape index (κ3) is 3.79. The normalized spacial score (nSPS) is 31.0. The second-order valence-corrected chi connectivity index (χ2v) is 10.4. The van der Waals surface area contributed by atoms with Gasteiger partial charge in [0.2, 0.25) is 11.8 Å². The highest BCUT2D eigenvalue weighted by atomic mass is 16.3. The fourth-order valence-electron chi connectivity index (χ4n) is 6.48. The lowest BCUT2D eigenvalue weighted by molar-refractivity contribution is -0.181. The van der Waals surface area contributed by atoms with Crippen LogP contribution in [0.3, 0.4) is 0 Å². The summed E-state index contributed by atoms with van der Waals surface area (Å²) in [7, 11) is 3.08. The third-order valence-electron chi connectivity index (χ3n) is 8.14. The monoisotopic (exact) mass is 513 g/mol. The number of hydrogen-bond donors (Lipinski definition) is 4. The number of amides is 2. The molecule has 1 aromatic rings. The second-order valence-electron chi connectivity index (χ2n) is 10.4. The van der Waals surface area contributed by atoms with Gasteiger partial charge in [0.1, 0.15) is 5.75 Å². The Morgan fingerprint density at radius 3 is 2.35 bits per heavy atom. The van der Waals surface area contributed by atoms with Gasteiger partial charge >= 0.3 is 0 Å². The summed E-state index contributed by atoms with van der Waals surface area (Å²) in [6.45, 7) is 3.16. The van der Waals surface area contributed by atoms with Crippen LogP contribution in [0.15, 0.2) is 6.07 Å². The SMILES string of the molecule is CCc1cc(CNC(C)=O)c(O)c2c1C[C@@H]1C[C@@H]3[C@@H](N(C)C)C(=O)C(C(N)=O)C(=O)[C@]3(O)C(=O)C1C2=O. The zero-order chi connectivity index (χ0) is 27.6. The van der Waals surface area contributed by atoms with Gasteiger partial charge in [-0.1, -0.05) is 13.0 Å². The molecule has 0 bridgehead atoms. The van der Waals surface area contributed by atoms with Crippen LogP contribution in [0.5, 0.6) is 5.75 Å². The number of likely N-dealkylation sites (N-methyl/N-ethyl adjacent to an activating group) is 1. The molecule has 3 aliphatic rings. The second kappa shape index (κ2) is 9.14. The van der Waals surface area contributed by atoms with Crippen LogP contribution in [0.2, 0.25) is 0 Å². The quantitative estimate of drug-likeness (QED) is 0.361. The first-order chi connectivity index (χ1) is 17.3. The van der Waals surface area contributed by atoms with Crippen LogP contribution in [-0.2, 0) is 43.4 Å². The Kier molecular flexibility index (Phi) is 6.58. The number of fused-ring (bicyclic) bond motifs is 3. The maximum atomic E-state index is 13.8. The molecule has 2 fully saturated rings. The number of hydrogen-bond acceptors (Lipinski definition) is 9. The minimum Gasteiger partial charge on any atom is -0.507 e. The molecule has 0 heterocycles. The van der Waals surface area contributed by atoms with E-state index >= 15 is 0 Å². The molecule has 198 valence electrons. The molecule has 5 N–H and O–H groups in total. The number of benzene rings is 1. The molecule has 2 unspecified atom stereocenters. The number of rotatable bonds is 5. The third-order valence-corrected chi connectivity index (χ3v) is 8.14. The standard InChI is InChI=1S/C26H31N3O8/c1-5-11-6-13(9-28-10(2)30)20(31)17-14(11)7-12-8-15-19(29(3)4)22(33)18(25(27)36)24(35)26(15,37)23(34)16(12)21(17)32/h6,12,15-16,18-19,31,37H,5,7-9H2,1-4H3,(H2,27,36)(H,28,30)/t12-,15-,16?,18?,19-,26-/m1/s1. The van der Waals surface area contributed by atoms with Crippen molar-refractivity contribution in [2.24, 2.45) is 29.4 Å². The molecule has 4 rings (SSSR count). The molecule has 2 saturated carbocycles.